The first-order valence-electron chi connectivity index (χ1n) is 8.52. The Bertz CT molecular complexity index is 803. The molecule has 0 radical (unpaired) electrons. The van der Waals surface area contributed by atoms with Gasteiger partial charge in [0.2, 0.25) is 10.0 Å². The lowest BCUT2D eigenvalue weighted by Gasteiger charge is -2.23. The monoisotopic (exact) mass is 399 g/mol. The normalized spacial score (nSPS) is 15.8. The summed E-state index contributed by atoms with van der Waals surface area (Å²) in [5, 5.41) is 11.6. The molecule has 1 saturated heterocycles. The minimum absolute atomic E-state index is 0.0285. The summed E-state index contributed by atoms with van der Waals surface area (Å²) in [6, 6.07) is 3.12. The molecule has 1 amide bonds. The van der Waals surface area contributed by atoms with E-state index < -0.39 is 27.9 Å². The Morgan fingerprint density at radius 2 is 1.93 bits per heavy atom. The minimum atomic E-state index is -3.73. The standard InChI is InChI=1S/C17H25N3O6S/c1-19(2)27(24,25)12-6-7-15(20-8-4-5-9-20)13(10-12)16(21)18-14(11-26-3)17(22)23/h6-7,10,14H,4-5,8-9,11H2,1-3H3,(H,18,21)(H,22,23). The number of sulfonamides is 1. The second-order valence-corrected chi connectivity index (χ2v) is 8.63. The molecule has 1 fully saturated rings. The highest BCUT2D eigenvalue weighted by Crippen LogP contribution is 2.28. The zero-order chi connectivity index (χ0) is 20.2. The van der Waals surface area contributed by atoms with Crippen LogP contribution in [-0.4, -0.2) is 76.6 Å². The highest BCUT2D eigenvalue weighted by Gasteiger charge is 2.27. The molecular formula is C17H25N3O6S. The smallest absolute Gasteiger partial charge is 0.328 e. The number of hydrogen-bond donors (Lipinski definition) is 2. The molecule has 150 valence electrons. The molecule has 0 spiro atoms. The number of carboxylic acids is 1. The van der Waals surface area contributed by atoms with Gasteiger partial charge < -0.3 is 20.1 Å². The molecule has 1 heterocycles. The number of ether oxygens (including phenoxy) is 1. The van der Waals surface area contributed by atoms with Crippen LogP contribution in [0.25, 0.3) is 0 Å². The van der Waals surface area contributed by atoms with Crippen molar-refractivity contribution in [1.82, 2.24) is 9.62 Å². The van der Waals surface area contributed by atoms with Crippen LogP contribution in [0.3, 0.4) is 0 Å². The predicted octanol–water partition coefficient (Wildman–Crippen LogP) is 0.367. The zero-order valence-electron chi connectivity index (χ0n) is 15.6. The van der Waals surface area contributed by atoms with E-state index in [0.29, 0.717) is 5.69 Å². The van der Waals surface area contributed by atoms with Gasteiger partial charge in [0.1, 0.15) is 0 Å². The van der Waals surface area contributed by atoms with Gasteiger partial charge in [-0.05, 0) is 31.0 Å². The van der Waals surface area contributed by atoms with Crippen LogP contribution in [0.15, 0.2) is 23.1 Å². The third-order valence-corrected chi connectivity index (χ3v) is 6.19. The summed E-state index contributed by atoms with van der Waals surface area (Å²) in [5.74, 6) is -1.89. The number of carbonyl (C=O) groups is 2. The lowest BCUT2D eigenvalue weighted by atomic mass is 10.1. The summed E-state index contributed by atoms with van der Waals surface area (Å²) in [5.41, 5.74) is 0.714. The molecule has 0 aromatic heterocycles. The summed E-state index contributed by atoms with van der Waals surface area (Å²) in [4.78, 5) is 26.1. The average Bonchev–Trinajstić information content (AvgIpc) is 3.14. The molecule has 1 aliphatic heterocycles. The molecule has 0 aliphatic carbocycles. The second-order valence-electron chi connectivity index (χ2n) is 6.48. The SMILES string of the molecule is COCC(NC(=O)c1cc(S(=O)(=O)N(C)C)ccc1N1CCCC1)C(=O)O. The minimum Gasteiger partial charge on any atom is -0.480 e. The number of nitrogens with one attached hydrogen (secondary N) is 1. The third-order valence-electron chi connectivity index (χ3n) is 4.37. The maximum absolute atomic E-state index is 12.8. The van der Waals surface area contributed by atoms with Gasteiger partial charge in [0.25, 0.3) is 5.91 Å². The lowest BCUT2D eigenvalue weighted by molar-refractivity contribution is -0.140. The van der Waals surface area contributed by atoms with E-state index in [2.05, 4.69) is 5.32 Å². The Morgan fingerprint density at radius 1 is 1.30 bits per heavy atom. The van der Waals surface area contributed by atoms with E-state index in [-0.39, 0.29) is 17.1 Å². The van der Waals surface area contributed by atoms with Crippen molar-refractivity contribution in [3.63, 3.8) is 0 Å². The Labute approximate surface area is 159 Å². The summed E-state index contributed by atoms with van der Waals surface area (Å²) in [7, 11) is 0.411. The van der Waals surface area contributed by atoms with E-state index in [1.54, 1.807) is 6.07 Å². The molecule has 0 saturated carbocycles. The van der Waals surface area contributed by atoms with Gasteiger partial charge in [0.05, 0.1) is 17.1 Å². The molecule has 1 aliphatic rings. The first-order valence-corrected chi connectivity index (χ1v) is 9.96. The van der Waals surface area contributed by atoms with Crippen LogP contribution in [0, 0.1) is 0 Å². The molecule has 1 aromatic carbocycles. The van der Waals surface area contributed by atoms with Gasteiger partial charge in [-0.3, -0.25) is 4.79 Å². The van der Waals surface area contributed by atoms with E-state index >= 15 is 0 Å². The maximum atomic E-state index is 12.8. The topological polar surface area (TPSA) is 116 Å². The van der Waals surface area contributed by atoms with Gasteiger partial charge in [-0.1, -0.05) is 0 Å². The van der Waals surface area contributed by atoms with Gasteiger partial charge in [-0.15, -0.1) is 0 Å². The molecule has 1 unspecified atom stereocenters. The van der Waals surface area contributed by atoms with Crippen molar-refractivity contribution in [3.8, 4) is 0 Å². The number of hydrogen-bond acceptors (Lipinski definition) is 6. The van der Waals surface area contributed by atoms with Crippen LogP contribution in [0.2, 0.25) is 0 Å². The van der Waals surface area contributed by atoms with Gasteiger partial charge in [-0.25, -0.2) is 17.5 Å². The fourth-order valence-corrected chi connectivity index (χ4v) is 3.81. The van der Waals surface area contributed by atoms with Gasteiger partial charge in [0, 0.05) is 40.0 Å². The number of rotatable bonds is 8. The highest BCUT2D eigenvalue weighted by molar-refractivity contribution is 7.89. The Morgan fingerprint density at radius 3 is 2.44 bits per heavy atom. The molecule has 9 nitrogen and oxygen atoms in total. The number of carboxylic acid groups (broad SMARTS) is 1. The number of nitrogens with zero attached hydrogens (tertiary/aromatic N) is 2. The number of aliphatic carboxylic acids is 1. The van der Waals surface area contributed by atoms with E-state index in [0.717, 1.165) is 30.2 Å². The number of methoxy groups -OCH3 is 1. The van der Waals surface area contributed by atoms with Crippen LogP contribution in [-0.2, 0) is 19.6 Å². The summed E-state index contributed by atoms with van der Waals surface area (Å²) < 4.78 is 30.8. The van der Waals surface area contributed by atoms with Gasteiger partial charge >= 0.3 is 5.97 Å². The first-order chi connectivity index (χ1) is 12.7. The highest BCUT2D eigenvalue weighted by atomic mass is 32.2. The summed E-state index contributed by atoms with van der Waals surface area (Å²) in [6.45, 7) is 1.30. The van der Waals surface area contributed by atoms with Crippen molar-refractivity contribution in [2.24, 2.45) is 0 Å². The van der Waals surface area contributed by atoms with Crippen molar-refractivity contribution in [2.45, 2.75) is 23.8 Å². The predicted molar refractivity (Wildman–Crippen MR) is 99.5 cm³/mol. The number of amides is 1. The quantitative estimate of drug-likeness (QED) is 0.648. The number of carbonyl (C=O) groups excluding carboxylic acids is 1. The van der Waals surface area contributed by atoms with Crippen LogP contribution in [0.5, 0.6) is 0 Å². The summed E-state index contributed by atoms with van der Waals surface area (Å²) in [6.07, 6.45) is 1.94. The van der Waals surface area contributed by atoms with E-state index in [4.69, 9.17) is 4.74 Å². The van der Waals surface area contributed by atoms with Gasteiger partial charge in [0.15, 0.2) is 6.04 Å². The molecule has 10 heteroatoms. The summed E-state index contributed by atoms with van der Waals surface area (Å²) >= 11 is 0. The van der Waals surface area contributed by atoms with Crippen LogP contribution < -0.4 is 10.2 Å². The second kappa shape index (κ2) is 8.68. The number of benzene rings is 1. The van der Waals surface area contributed by atoms with Crippen LogP contribution in [0.1, 0.15) is 23.2 Å². The van der Waals surface area contributed by atoms with E-state index in [1.165, 1.54) is 33.3 Å². The fourth-order valence-electron chi connectivity index (χ4n) is 2.88. The Kier molecular flexibility index (Phi) is 6.79. The molecule has 2 N–H and O–H groups in total. The zero-order valence-corrected chi connectivity index (χ0v) is 16.5. The Hall–Kier alpha value is -2.17. The first kappa shape index (κ1) is 21.1. The largest absolute Gasteiger partial charge is 0.480 e. The van der Waals surface area contributed by atoms with E-state index in [9.17, 15) is 23.1 Å². The molecular weight excluding hydrogens is 374 g/mol. The van der Waals surface area contributed by atoms with Crippen molar-refractivity contribution in [1.29, 1.82) is 0 Å². The Balaban J connectivity index is 2.45. The molecule has 1 aromatic rings. The van der Waals surface area contributed by atoms with Crippen molar-refractivity contribution < 1.29 is 27.9 Å². The van der Waals surface area contributed by atoms with Crippen molar-refractivity contribution >= 4 is 27.6 Å². The fraction of sp³-hybridized carbons (Fsp3) is 0.529. The average molecular weight is 399 g/mol. The maximum Gasteiger partial charge on any atom is 0.328 e. The third kappa shape index (κ3) is 4.76. The molecule has 1 atom stereocenters. The lowest BCUT2D eigenvalue weighted by Crippen LogP contribution is -2.44. The van der Waals surface area contributed by atoms with Crippen LogP contribution >= 0.6 is 0 Å². The molecule has 27 heavy (non-hydrogen) atoms. The number of anilines is 1. The molecule has 2 rings (SSSR count). The van der Waals surface area contributed by atoms with Crippen molar-refractivity contribution in [3.05, 3.63) is 23.8 Å². The van der Waals surface area contributed by atoms with E-state index in [1.807, 2.05) is 4.90 Å². The van der Waals surface area contributed by atoms with Crippen LogP contribution in [0.4, 0.5) is 5.69 Å². The molecule has 0 bridgehead atoms. The van der Waals surface area contributed by atoms with Crippen molar-refractivity contribution in [2.75, 3.05) is 45.8 Å². The van der Waals surface area contributed by atoms with Gasteiger partial charge in [-0.2, -0.15) is 0 Å².